The number of nitrogens with zero attached hydrogens (tertiary/aromatic N) is 2. The van der Waals surface area contributed by atoms with E-state index in [-0.39, 0.29) is 23.5 Å². The van der Waals surface area contributed by atoms with Crippen molar-refractivity contribution in [2.45, 2.75) is 39.3 Å². The minimum absolute atomic E-state index is 0.0612. The fourth-order valence-corrected chi connectivity index (χ4v) is 4.98. The van der Waals surface area contributed by atoms with Crippen molar-refractivity contribution >= 4 is 15.7 Å². The molecule has 1 unspecified atom stereocenters. The Morgan fingerprint density at radius 2 is 1.88 bits per heavy atom. The fourth-order valence-electron chi connectivity index (χ4n) is 3.25. The first-order chi connectivity index (χ1) is 11.4. The number of hydrogen-bond acceptors (Lipinski definition) is 4. The molecule has 0 N–H and O–H groups in total. The summed E-state index contributed by atoms with van der Waals surface area (Å²) in [6, 6.07) is 10.1. The minimum Gasteiger partial charge on any atom is -0.339 e. The monoisotopic (exact) mass is 352 g/mol. The summed E-state index contributed by atoms with van der Waals surface area (Å²) in [6.45, 7) is 6.99. The van der Waals surface area contributed by atoms with E-state index in [1.54, 1.807) is 4.90 Å². The SMILES string of the molecule is CCN(CCC(=O)N(CC)C1CCS(=O)(=O)C1)Cc1ccccc1. The molecule has 1 saturated heterocycles. The quantitative estimate of drug-likeness (QED) is 0.717. The summed E-state index contributed by atoms with van der Waals surface area (Å²) in [5.74, 6) is 0.385. The van der Waals surface area contributed by atoms with Gasteiger partial charge in [-0.2, -0.15) is 0 Å². The molecular weight excluding hydrogens is 324 g/mol. The highest BCUT2D eigenvalue weighted by atomic mass is 32.2. The summed E-state index contributed by atoms with van der Waals surface area (Å²) in [7, 11) is -2.97. The van der Waals surface area contributed by atoms with Crippen molar-refractivity contribution in [2.24, 2.45) is 0 Å². The molecule has 0 saturated carbocycles. The standard InChI is InChI=1S/C18H28N2O3S/c1-3-19(14-16-8-6-5-7-9-16)12-10-18(21)20(4-2)17-11-13-24(22,23)15-17/h5-9,17H,3-4,10-15H2,1-2H3. The van der Waals surface area contributed by atoms with Crippen LogP contribution in [0.25, 0.3) is 0 Å². The molecule has 24 heavy (non-hydrogen) atoms. The molecule has 1 aromatic rings. The van der Waals surface area contributed by atoms with Crippen molar-refractivity contribution in [1.29, 1.82) is 0 Å². The molecule has 0 spiro atoms. The van der Waals surface area contributed by atoms with Gasteiger partial charge in [0.05, 0.1) is 11.5 Å². The van der Waals surface area contributed by atoms with Crippen molar-refractivity contribution in [3.63, 3.8) is 0 Å². The van der Waals surface area contributed by atoms with Crippen LogP contribution in [0.15, 0.2) is 30.3 Å². The lowest BCUT2D eigenvalue weighted by Crippen LogP contribution is -2.42. The van der Waals surface area contributed by atoms with E-state index in [2.05, 4.69) is 24.0 Å². The van der Waals surface area contributed by atoms with Gasteiger partial charge in [-0.05, 0) is 25.5 Å². The predicted octanol–water partition coefficient (Wildman–Crippen LogP) is 1.93. The Balaban J connectivity index is 1.87. The molecule has 6 heteroatoms. The molecule has 1 fully saturated rings. The summed E-state index contributed by atoms with van der Waals surface area (Å²) in [5, 5.41) is 0. The van der Waals surface area contributed by atoms with Gasteiger partial charge in [-0.25, -0.2) is 8.42 Å². The van der Waals surface area contributed by atoms with Gasteiger partial charge in [-0.15, -0.1) is 0 Å². The van der Waals surface area contributed by atoms with Gasteiger partial charge in [0.1, 0.15) is 0 Å². The largest absolute Gasteiger partial charge is 0.339 e. The number of amides is 1. The highest BCUT2D eigenvalue weighted by molar-refractivity contribution is 7.91. The number of benzene rings is 1. The minimum atomic E-state index is -2.97. The van der Waals surface area contributed by atoms with Crippen molar-refractivity contribution < 1.29 is 13.2 Å². The lowest BCUT2D eigenvalue weighted by molar-refractivity contribution is -0.133. The van der Waals surface area contributed by atoms with Crippen molar-refractivity contribution in [1.82, 2.24) is 9.80 Å². The number of hydrogen-bond donors (Lipinski definition) is 0. The Kier molecular flexibility index (Phi) is 6.80. The van der Waals surface area contributed by atoms with Crippen molar-refractivity contribution in [3.8, 4) is 0 Å². The Hall–Kier alpha value is -1.40. The van der Waals surface area contributed by atoms with Gasteiger partial charge in [-0.1, -0.05) is 37.3 Å². The molecule has 1 amide bonds. The molecule has 0 aromatic heterocycles. The van der Waals surface area contributed by atoms with Crippen LogP contribution in [0.2, 0.25) is 0 Å². The van der Waals surface area contributed by atoms with Crippen LogP contribution in [-0.4, -0.2) is 61.3 Å². The van der Waals surface area contributed by atoms with Crippen LogP contribution in [0, 0.1) is 0 Å². The number of rotatable bonds is 8. The zero-order chi connectivity index (χ0) is 17.6. The van der Waals surface area contributed by atoms with E-state index in [1.807, 2.05) is 25.1 Å². The molecule has 1 aromatic carbocycles. The maximum absolute atomic E-state index is 12.5. The van der Waals surface area contributed by atoms with E-state index < -0.39 is 9.84 Å². The second-order valence-electron chi connectivity index (χ2n) is 6.34. The molecule has 0 aliphatic carbocycles. The van der Waals surface area contributed by atoms with Gasteiger partial charge < -0.3 is 4.90 Å². The first-order valence-electron chi connectivity index (χ1n) is 8.71. The van der Waals surface area contributed by atoms with E-state index in [1.165, 1.54) is 5.56 Å². The molecule has 2 rings (SSSR count). The molecule has 1 atom stereocenters. The first kappa shape index (κ1) is 18.9. The Labute approximate surface area is 145 Å². The smallest absolute Gasteiger partial charge is 0.224 e. The maximum atomic E-state index is 12.5. The Morgan fingerprint density at radius 1 is 1.17 bits per heavy atom. The molecular formula is C18H28N2O3S. The third-order valence-corrected chi connectivity index (χ3v) is 6.40. The molecule has 1 heterocycles. The van der Waals surface area contributed by atoms with Crippen LogP contribution in [-0.2, 0) is 21.2 Å². The molecule has 1 aliphatic rings. The van der Waals surface area contributed by atoms with Gasteiger partial charge >= 0.3 is 0 Å². The van der Waals surface area contributed by atoms with Gasteiger partial charge in [0, 0.05) is 32.1 Å². The normalized spacial score (nSPS) is 19.5. The van der Waals surface area contributed by atoms with Gasteiger partial charge in [0.2, 0.25) is 5.91 Å². The molecule has 0 radical (unpaired) electrons. The van der Waals surface area contributed by atoms with Crippen molar-refractivity contribution in [2.75, 3.05) is 31.1 Å². The summed E-state index contributed by atoms with van der Waals surface area (Å²) in [6.07, 6.45) is 1.01. The third kappa shape index (κ3) is 5.31. The number of sulfone groups is 1. The molecule has 5 nitrogen and oxygen atoms in total. The van der Waals surface area contributed by atoms with Crippen LogP contribution in [0.3, 0.4) is 0 Å². The van der Waals surface area contributed by atoms with Crippen LogP contribution in [0.4, 0.5) is 0 Å². The van der Waals surface area contributed by atoms with Crippen LogP contribution in [0.1, 0.15) is 32.3 Å². The second kappa shape index (κ2) is 8.62. The lowest BCUT2D eigenvalue weighted by Gasteiger charge is -2.28. The van der Waals surface area contributed by atoms with Crippen LogP contribution in [0.5, 0.6) is 0 Å². The van der Waals surface area contributed by atoms with E-state index >= 15 is 0 Å². The van der Waals surface area contributed by atoms with Crippen molar-refractivity contribution in [3.05, 3.63) is 35.9 Å². The third-order valence-electron chi connectivity index (χ3n) is 4.65. The molecule has 1 aliphatic heterocycles. The highest BCUT2D eigenvalue weighted by Crippen LogP contribution is 2.18. The van der Waals surface area contributed by atoms with Gasteiger partial charge in [0.25, 0.3) is 0 Å². The van der Waals surface area contributed by atoms with Gasteiger partial charge in [-0.3, -0.25) is 9.69 Å². The summed E-state index contributed by atoms with van der Waals surface area (Å²) in [4.78, 5) is 16.5. The van der Waals surface area contributed by atoms with E-state index in [0.717, 1.165) is 13.1 Å². The van der Waals surface area contributed by atoms with Crippen LogP contribution < -0.4 is 0 Å². The molecule has 134 valence electrons. The Morgan fingerprint density at radius 3 is 2.42 bits per heavy atom. The van der Waals surface area contributed by atoms with E-state index in [4.69, 9.17) is 0 Å². The van der Waals surface area contributed by atoms with E-state index in [9.17, 15) is 13.2 Å². The maximum Gasteiger partial charge on any atom is 0.224 e. The zero-order valence-corrected chi connectivity index (χ0v) is 15.5. The average molecular weight is 353 g/mol. The number of carbonyl (C=O) groups excluding carboxylic acids is 1. The van der Waals surface area contributed by atoms with Crippen LogP contribution >= 0.6 is 0 Å². The highest BCUT2D eigenvalue weighted by Gasteiger charge is 2.33. The summed E-state index contributed by atoms with van der Waals surface area (Å²) in [5.41, 5.74) is 1.24. The lowest BCUT2D eigenvalue weighted by atomic mass is 10.2. The van der Waals surface area contributed by atoms with Gasteiger partial charge in [0.15, 0.2) is 9.84 Å². The van der Waals surface area contributed by atoms with E-state index in [0.29, 0.717) is 25.9 Å². The first-order valence-corrected chi connectivity index (χ1v) is 10.5. The predicted molar refractivity (Wildman–Crippen MR) is 96.5 cm³/mol. The number of carbonyl (C=O) groups is 1. The molecule has 0 bridgehead atoms. The average Bonchev–Trinajstić information content (AvgIpc) is 2.92. The Bertz CT molecular complexity index is 631. The topological polar surface area (TPSA) is 57.7 Å². The summed E-state index contributed by atoms with van der Waals surface area (Å²) >= 11 is 0. The second-order valence-corrected chi connectivity index (χ2v) is 8.57. The fraction of sp³-hybridized carbons (Fsp3) is 0.611. The summed E-state index contributed by atoms with van der Waals surface area (Å²) < 4.78 is 23.3. The zero-order valence-electron chi connectivity index (χ0n) is 14.6.